The van der Waals surface area contributed by atoms with Gasteiger partial charge < -0.3 is 10.6 Å². The summed E-state index contributed by atoms with van der Waals surface area (Å²) in [6.07, 6.45) is 3.30. The highest BCUT2D eigenvalue weighted by atomic mass is 35.5. The van der Waals surface area contributed by atoms with E-state index in [0.717, 1.165) is 32.4 Å². The number of hydrogen-bond donors (Lipinski definition) is 2. The van der Waals surface area contributed by atoms with Gasteiger partial charge in [-0.25, -0.2) is 0 Å². The number of carbonyl (C=O) groups is 1. The quantitative estimate of drug-likeness (QED) is 0.658. The molecule has 1 amide bonds. The Morgan fingerprint density at radius 2 is 2.08 bits per heavy atom. The van der Waals surface area contributed by atoms with Crippen molar-refractivity contribution in [2.24, 2.45) is 5.92 Å². The predicted octanol–water partition coefficient (Wildman–Crippen LogP) is 0.296. The molecule has 2 fully saturated rings. The van der Waals surface area contributed by atoms with Gasteiger partial charge in [0.25, 0.3) is 0 Å². The standard InChI is InChI=1S/C8H14N2O.ClH/c11-8(6-1-2-6)10-7-3-4-9-5-7;/h6-7,9H,1-5H2,(H,10,11);1H/t7-;/m1./s1. The zero-order valence-electron chi connectivity index (χ0n) is 7.01. The number of hydrogen-bond acceptors (Lipinski definition) is 2. The molecule has 2 N–H and O–H groups in total. The van der Waals surface area contributed by atoms with Crippen LogP contribution in [0.2, 0.25) is 0 Å². The van der Waals surface area contributed by atoms with E-state index in [-0.39, 0.29) is 18.3 Å². The minimum atomic E-state index is 0. The third-order valence-corrected chi connectivity index (χ3v) is 2.35. The van der Waals surface area contributed by atoms with Crippen LogP contribution in [0.5, 0.6) is 0 Å². The van der Waals surface area contributed by atoms with Crippen LogP contribution in [0.25, 0.3) is 0 Å². The summed E-state index contributed by atoms with van der Waals surface area (Å²) in [5.41, 5.74) is 0. The average molecular weight is 191 g/mol. The Bertz CT molecular complexity index is 164. The van der Waals surface area contributed by atoms with E-state index in [4.69, 9.17) is 0 Å². The van der Waals surface area contributed by atoms with Gasteiger partial charge in [-0.3, -0.25) is 4.79 Å². The first-order chi connectivity index (χ1) is 5.36. The molecular weight excluding hydrogens is 176 g/mol. The molecule has 12 heavy (non-hydrogen) atoms. The fourth-order valence-electron chi connectivity index (χ4n) is 1.44. The monoisotopic (exact) mass is 190 g/mol. The second kappa shape index (κ2) is 4.10. The normalized spacial score (nSPS) is 27.8. The van der Waals surface area contributed by atoms with Crippen LogP contribution in [-0.4, -0.2) is 25.0 Å². The van der Waals surface area contributed by atoms with Gasteiger partial charge in [-0.1, -0.05) is 0 Å². The number of amides is 1. The summed E-state index contributed by atoms with van der Waals surface area (Å²) in [5.74, 6) is 0.634. The first-order valence-electron chi connectivity index (χ1n) is 4.37. The van der Waals surface area contributed by atoms with Crippen molar-refractivity contribution in [3.8, 4) is 0 Å². The Labute approximate surface area is 78.7 Å². The fraction of sp³-hybridized carbons (Fsp3) is 0.875. The van der Waals surface area contributed by atoms with E-state index in [2.05, 4.69) is 10.6 Å². The molecule has 1 aliphatic carbocycles. The van der Waals surface area contributed by atoms with Crippen LogP contribution in [0.4, 0.5) is 0 Å². The van der Waals surface area contributed by atoms with Crippen LogP contribution in [0.15, 0.2) is 0 Å². The third-order valence-electron chi connectivity index (χ3n) is 2.35. The summed E-state index contributed by atoms with van der Waals surface area (Å²) < 4.78 is 0. The third kappa shape index (κ3) is 2.35. The van der Waals surface area contributed by atoms with E-state index in [0.29, 0.717) is 12.0 Å². The van der Waals surface area contributed by atoms with Gasteiger partial charge in [0.2, 0.25) is 5.91 Å². The molecule has 2 rings (SSSR count). The second-order valence-corrected chi connectivity index (χ2v) is 3.47. The largest absolute Gasteiger partial charge is 0.352 e. The molecule has 70 valence electrons. The summed E-state index contributed by atoms with van der Waals surface area (Å²) in [7, 11) is 0. The average Bonchev–Trinajstić information content (AvgIpc) is 2.73. The highest BCUT2D eigenvalue weighted by molar-refractivity contribution is 5.85. The Morgan fingerprint density at radius 3 is 2.58 bits per heavy atom. The molecule has 0 bridgehead atoms. The van der Waals surface area contributed by atoms with E-state index in [1.807, 2.05) is 0 Å². The summed E-state index contributed by atoms with van der Waals surface area (Å²) in [5, 5.41) is 6.26. The molecule has 1 heterocycles. The molecule has 1 atom stereocenters. The van der Waals surface area contributed by atoms with Gasteiger partial charge in [-0.2, -0.15) is 0 Å². The maximum absolute atomic E-state index is 11.2. The van der Waals surface area contributed by atoms with Gasteiger partial charge in [0.15, 0.2) is 0 Å². The smallest absolute Gasteiger partial charge is 0.223 e. The van der Waals surface area contributed by atoms with Crippen LogP contribution in [-0.2, 0) is 4.79 Å². The second-order valence-electron chi connectivity index (χ2n) is 3.47. The Balaban J connectivity index is 0.000000720. The van der Waals surface area contributed by atoms with Crippen molar-refractivity contribution in [1.82, 2.24) is 10.6 Å². The molecule has 4 heteroatoms. The molecule has 0 radical (unpaired) electrons. The van der Waals surface area contributed by atoms with Gasteiger partial charge in [0, 0.05) is 18.5 Å². The predicted molar refractivity (Wildman–Crippen MR) is 49.4 cm³/mol. The van der Waals surface area contributed by atoms with E-state index >= 15 is 0 Å². The topological polar surface area (TPSA) is 41.1 Å². The van der Waals surface area contributed by atoms with Crippen molar-refractivity contribution >= 4 is 18.3 Å². The number of rotatable bonds is 2. The van der Waals surface area contributed by atoms with Crippen LogP contribution in [0, 0.1) is 5.92 Å². The van der Waals surface area contributed by atoms with Crippen molar-refractivity contribution in [1.29, 1.82) is 0 Å². The summed E-state index contributed by atoms with van der Waals surface area (Å²) in [6, 6.07) is 0.406. The van der Waals surface area contributed by atoms with E-state index in [9.17, 15) is 4.79 Å². The van der Waals surface area contributed by atoms with Crippen LogP contribution in [0.3, 0.4) is 0 Å². The Hall–Kier alpha value is -0.280. The molecule has 0 unspecified atom stereocenters. The lowest BCUT2D eigenvalue weighted by Gasteiger charge is -2.09. The highest BCUT2D eigenvalue weighted by Crippen LogP contribution is 2.28. The Kier molecular flexibility index (Phi) is 3.35. The maximum Gasteiger partial charge on any atom is 0.223 e. The molecule has 1 saturated carbocycles. The van der Waals surface area contributed by atoms with E-state index < -0.39 is 0 Å². The van der Waals surface area contributed by atoms with Crippen LogP contribution >= 0.6 is 12.4 Å². The van der Waals surface area contributed by atoms with Gasteiger partial charge in [0.1, 0.15) is 0 Å². The molecule has 2 aliphatic rings. The molecule has 0 aromatic rings. The molecule has 3 nitrogen and oxygen atoms in total. The maximum atomic E-state index is 11.2. The van der Waals surface area contributed by atoms with Crippen molar-refractivity contribution in [2.45, 2.75) is 25.3 Å². The molecular formula is C8H15ClN2O. The van der Waals surface area contributed by atoms with Crippen molar-refractivity contribution in [3.05, 3.63) is 0 Å². The number of carbonyl (C=O) groups excluding carboxylic acids is 1. The fourth-order valence-corrected chi connectivity index (χ4v) is 1.44. The summed E-state index contributed by atoms with van der Waals surface area (Å²) in [4.78, 5) is 11.2. The Morgan fingerprint density at radius 1 is 1.33 bits per heavy atom. The molecule has 1 saturated heterocycles. The SMILES string of the molecule is Cl.O=C(N[C@@H]1CCNC1)C1CC1. The zero-order chi connectivity index (χ0) is 7.68. The van der Waals surface area contributed by atoms with E-state index in [1.54, 1.807) is 0 Å². The van der Waals surface area contributed by atoms with Gasteiger partial charge in [0.05, 0.1) is 0 Å². The van der Waals surface area contributed by atoms with Gasteiger partial charge in [-0.15, -0.1) is 12.4 Å². The molecule has 0 aromatic carbocycles. The number of halogens is 1. The first kappa shape index (κ1) is 9.81. The van der Waals surface area contributed by atoms with Crippen molar-refractivity contribution in [3.63, 3.8) is 0 Å². The lowest BCUT2D eigenvalue weighted by atomic mass is 10.2. The summed E-state index contributed by atoms with van der Waals surface area (Å²) >= 11 is 0. The summed E-state index contributed by atoms with van der Waals surface area (Å²) in [6.45, 7) is 2.01. The van der Waals surface area contributed by atoms with Gasteiger partial charge >= 0.3 is 0 Å². The lowest BCUT2D eigenvalue weighted by Crippen LogP contribution is -2.37. The lowest BCUT2D eigenvalue weighted by molar-refractivity contribution is -0.122. The highest BCUT2D eigenvalue weighted by Gasteiger charge is 2.31. The zero-order valence-corrected chi connectivity index (χ0v) is 7.82. The molecule has 0 spiro atoms. The molecule has 0 aromatic heterocycles. The minimum Gasteiger partial charge on any atom is -0.352 e. The van der Waals surface area contributed by atoms with Crippen molar-refractivity contribution in [2.75, 3.05) is 13.1 Å². The van der Waals surface area contributed by atoms with E-state index in [1.165, 1.54) is 0 Å². The van der Waals surface area contributed by atoms with Crippen molar-refractivity contribution < 1.29 is 4.79 Å². The number of nitrogens with one attached hydrogen (secondary N) is 2. The molecule has 1 aliphatic heterocycles. The van der Waals surface area contributed by atoms with Crippen LogP contribution in [0.1, 0.15) is 19.3 Å². The first-order valence-corrected chi connectivity index (χ1v) is 4.37. The van der Waals surface area contributed by atoms with Crippen LogP contribution < -0.4 is 10.6 Å². The minimum absolute atomic E-state index is 0. The van der Waals surface area contributed by atoms with Gasteiger partial charge in [-0.05, 0) is 25.8 Å².